The molecule has 1 saturated heterocycles. The zero-order valence-corrected chi connectivity index (χ0v) is 23.3. The maximum Gasteiger partial charge on any atom is 0.490 e. The Kier molecular flexibility index (Phi) is 11.0. The number of hydrogen-bond donors (Lipinski definition) is 2. The number of carbonyl (C=O) groups is 2. The van der Waals surface area contributed by atoms with E-state index in [-0.39, 0.29) is 17.0 Å². The summed E-state index contributed by atoms with van der Waals surface area (Å²) in [6.07, 6.45) is -2.57. The lowest BCUT2D eigenvalue weighted by Crippen LogP contribution is -2.46. The number of carboxylic acids is 2. The molecule has 2 aliphatic heterocycles. The molecule has 1 aromatic heterocycles. The number of pyridine rings is 1. The summed E-state index contributed by atoms with van der Waals surface area (Å²) < 4.78 is 98.8. The summed E-state index contributed by atoms with van der Waals surface area (Å²) >= 11 is 0. The summed E-state index contributed by atoms with van der Waals surface area (Å²) in [5.41, 5.74) is 0.897. The van der Waals surface area contributed by atoms with Crippen LogP contribution in [-0.4, -0.2) is 88.9 Å². The Morgan fingerprint density at radius 2 is 1.49 bits per heavy atom. The van der Waals surface area contributed by atoms with Crippen molar-refractivity contribution in [2.75, 3.05) is 19.6 Å². The molecule has 43 heavy (non-hydrogen) atoms. The number of hydrogen-bond acceptors (Lipinski definition) is 7. The van der Waals surface area contributed by atoms with Crippen molar-refractivity contribution >= 4 is 22.0 Å². The van der Waals surface area contributed by atoms with E-state index >= 15 is 0 Å². The first-order valence-electron chi connectivity index (χ1n) is 13.0. The van der Waals surface area contributed by atoms with Gasteiger partial charge in [-0.2, -0.15) is 30.6 Å². The predicted molar refractivity (Wildman–Crippen MR) is 137 cm³/mol. The van der Waals surface area contributed by atoms with Crippen LogP contribution in [0.4, 0.5) is 26.3 Å². The van der Waals surface area contributed by atoms with Crippen molar-refractivity contribution in [1.29, 1.82) is 0 Å². The van der Waals surface area contributed by atoms with E-state index in [0.717, 1.165) is 44.0 Å². The molecule has 1 aliphatic carbocycles. The van der Waals surface area contributed by atoms with E-state index in [9.17, 15) is 34.8 Å². The molecule has 0 spiro atoms. The van der Waals surface area contributed by atoms with Crippen molar-refractivity contribution < 1.29 is 59.3 Å². The second-order valence-electron chi connectivity index (χ2n) is 10.0. The van der Waals surface area contributed by atoms with E-state index in [1.165, 1.54) is 12.8 Å². The van der Waals surface area contributed by atoms with Crippen LogP contribution in [0.1, 0.15) is 31.2 Å². The largest absolute Gasteiger partial charge is 0.490 e. The molecule has 2 atom stereocenters. The number of aromatic nitrogens is 1. The van der Waals surface area contributed by atoms with Crippen molar-refractivity contribution in [1.82, 2.24) is 14.2 Å². The number of aliphatic carboxylic acids is 2. The van der Waals surface area contributed by atoms with E-state index in [0.29, 0.717) is 12.3 Å². The van der Waals surface area contributed by atoms with E-state index in [2.05, 4.69) is 9.88 Å². The Labute approximate surface area is 242 Å². The molecule has 238 valence electrons. The summed E-state index contributed by atoms with van der Waals surface area (Å²) in [4.78, 5) is 24.7. The van der Waals surface area contributed by atoms with Crippen LogP contribution >= 0.6 is 0 Å². The molecule has 0 unspecified atom stereocenters. The van der Waals surface area contributed by atoms with Gasteiger partial charge < -0.3 is 19.8 Å². The molecule has 0 bridgehead atoms. The molecule has 10 nitrogen and oxygen atoms in total. The summed E-state index contributed by atoms with van der Waals surface area (Å²) in [6, 6.07) is 10.7. The van der Waals surface area contributed by atoms with Crippen LogP contribution in [0.15, 0.2) is 53.7 Å². The van der Waals surface area contributed by atoms with Crippen molar-refractivity contribution in [2.45, 2.75) is 61.6 Å². The smallest absolute Gasteiger partial charge is 0.487 e. The quantitative estimate of drug-likeness (QED) is 0.472. The zero-order valence-electron chi connectivity index (χ0n) is 22.5. The van der Waals surface area contributed by atoms with E-state index in [4.69, 9.17) is 24.5 Å². The third-order valence-electron chi connectivity index (χ3n) is 6.74. The molecule has 17 heteroatoms. The minimum absolute atomic E-state index is 0.144. The molecule has 5 rings (SSSR count). The summed E-state index contributed by atoms with van der Waals surface area (Å²) in [5.74, 6) is -4.21. The Balaban J connectivity index is 0.000000303. The van der Waals surface area contributed by atoms with Gasteiger partial charge >= 0.3 is 24.3 Å². The van der Waals surface area contributed by atoms with Gasteiger partial charge in [0.25, 0.3) is 0 Å². The first kappa shape index (κ1) is 34.1. The molecule has 3 aliphatic rings. The van der Waals surface area contributed by atoms with Gasteiger partial charge in [-0.15, -0.1) is 0 Å². The Bertz CT molecular complexity index is 1330. The van der Waals surface area contributed by atoms with Gasteiger partial charge in [-0.1, -0.05) is 18.2 Å². The molecule has 0 radical (unpaired) electrons. The van der Waals surface area contributed by atoms with Crippen LogP contribution in [-0.2, 0) is 26.2 Å². The number of fused-ring (bicyclic) bond motifs is 2. The van der Waals surface area contributed by atoms with Crippen LogP contribution in [0.2, 0.25) is 0 Å². The lowest BCUT2D eigenvalue weighted by Gasteiger charge is -2.31. The topological polar surface area (TPSA) is 137 Å². The summed E-state index contributed by atoms with van der Waals surface area (Å²) in [7, 11) is -3.67. The predicted octanol–water partition coefficient (Wildman–Crippen LogP) is 4.17. The van der Waals surface area contributed by atoms with Gasteiger partial charge in [0.2, 0.25) is 10.0 Å². The van der Waals surface area contributed by atoms with Crippen LogP contribution in [0.25, 0.3) is 0 Å². The molecule has 2 N–H and O–H groups in total. The van der Waals surface area contributed by atoms with Crippen molar-refractivity contribution in [3.05, 3.63) is 54.4 Å². The number of alkyl halides is 6. The minimum Gasteiger partial charge on any atom is -0.487 e. The number of halogens is 6. The molecular formula is C26H29F6N3O7S. The number of likely N-dealkylation sites (tertiary alicyclic amines) is 1. The highest BCUT2D eigenvalue weighted by Crippen LogP contribution is 2.38. The third kappa shape index (κ3) is 9.79. The van der Waals surface area contributed by atoms with E-state index < -0.39 is 34.3 Å². The molecular weight excluding hydrogens is 612 g/mol. The first-order chi connectivity index (χ1) is 20.0. The number of ether oxygens (including phenoxy) is 1. The molecule has 0 amide bonds. The van der Waals surface area contributed by atoms with Crippen molar-refractivity contribution in [2.24, 2.45) is 5.92 Å². The maximum absolute atomic E-state index is 13.7. The average Bonchev–Trinajstić information content (AvgIpc) is 3.76. The highest BCUT2D eigenvalue weighted by atomic mass is 32.2. The Hall–Kier alpha value is -3.44. The SMILES string of the molecule is O=C(O)C(F)(F)F.O=C(O)C(F)(F)F.O=S1(=O)c2ccccc2O[C@H]2CCN(CC3CC3)CC[C@@H]2N1Cc1cccnc1. The third-order valence-corrected chi connectivity index (χ3v) is 8.65. The zero-order chi connectivity index (χ0) is 32.0. The lowest BCUT2D eigenvalue weighted by atomic mass is 10.1. The van der Waals surface area contributed by atoms with Gasteiger partial charge in [-0.05, 0) is 61.9 Å². The lowest BCUT2D eigenvalue weighted by molar-refractivity contribution is -0.193. The molecule has 2 fully saturated rings. The average molecular weight is 642 g/mol. The summed E-state index contributed by atoms with van der Waals surface area (Å²) in [5, 5.41) is 14.2. The molecule has 1 saturated carbocycles. The number of carboxylic acid groups (broad SMARTS) is 2. The normalized spacial score (nSPS) is 22.0. The standard InChI is InChI=1S/C22H27N3O3S.2C2HF3O2/c26-29(27)22-6-2-1-5-21(22)28-20-10-13-24(15-17-7-8-17)12-9-19(20)25(29)16-18-4-3-11-23-14-18;2*3-2(4,5)1(6)7/h1-6,11,14,17,19-20H,7-10,12-13,15-16H2;2*(H,6,7)/t19-,20-;;/m0../s1. The first-order valence-corrected chi connectivity index (χ1v) is 14.4. The minimum atomic E-state index is -5.08. The summed E-state index contributed by atoms with van der Waals surface area (Å²) in [6.45, 7) is 3.32. The van der Waals surface area contributed by atoms with Gasteiger partial charge in [-0.25, -0.2) is 18.0 Å². The van der Waals surface area contributed by atoms with Crippen LogP contribution in [0.5, 0.6) is 5.75 Å². The van der Waals surface area contributed by atoms with Gasteiger partial charge in [0.1, 0.15) is 16.7 Å². The van der Waals surface area contributed by atoms with Crippen LogP contribution in [0, 0.1) is 5.92 Å². The van der Waals surface area contributed by atoms with E-state index in [1.807, 2.05) is 18.2 Å². The van der Waals surface area contributed by atoms with Crippen molar-refractivity contribution in [3.8, 4) is 5.75 Å². The van der Waals surface area contributed by atoms with Gasteiger partial charge in [0.15, 0.2) is 0 Å². The fraction of sp³-hybridized carbons (Fsp3) is 0.500. The van der Waals surface area contributed by atoms with Crippen molar-refractivity contribution in [3.63, 3.8) is 0 Å². The van der Waals surface area contributed by atoms with E-state index in [1.54, 1.807) is 34.9 Å². The van der Waals surface area contributed by atoms with Gasteiger partial charge in [-0.3, -0.25) is 4.98 Å². The Morgan fingerprint density at radius 1 is 0.907 bits per heavy atom. The number of para-hydroxylation sites is 1. The second-order valence-corrected chi connectivity index (χ2v) is 11.9. The monoisotopic (exact) mass is 641 g/mol. The molecule has 2 aromatic rings. The Morgan fingerprint density at radius 3 is 2.02 bits per heavy atom. The molecule has 1 aromatic carbocycles. The van der Waals surface area contributed by atoms with Crippen LogP contribution in [0.3, 0.4) is 0 Å². The van der Waals surface area contributed by atoms with Gasteiger partial charge in [0, 0.05) is 32.0 Å². The highest BCUT2D eigenvalue weighted by Gasteiger charge is 2.44. The maximum atomic E-state index is 13.7. The second kappa shape index (κ2) is 13.9. The number of sulfonamides is 1. The van der Waals surface area contributed by atoms with Crippen LogP contribution < -0.4 is 4.74 Å². The number of rotatable bonds is 4. The number of nitrogens with zero attached hydrogens (tertiary/aromatic N) is 3. The highest BCUT2D eigenvalue weighted by molar-refractivity contribution is 7.89. The van der Waals surface area contributed by atoms with Gasteiger partial charge in [0.05, 0.1) is 6.04 Å². The molecule has 3 heterocycles. The fourth-order valence-corrected chi connectivity index (χ4v) is 6.32. The number of benzene rings is 1. The fourth-order valence-electron chi connectivity index (χ4n) is 4.53.